The third kappa shape index (κ3) is 5.90. The smallest absolute Gasteiger partial charge is 0.317 e. The minimum atomic E-state index is -0.0133. The first-order valence-corrected chi connectivity index (χ1v) is 13.7. The molecule has 2 saturated heterocycles. The number of nitrogens with one attached hydrogen (secondary N) is 1. The third-order valence-electron chi connectivity index (χ3n) is 7.14. The fourth-order valence-electron chi connectivity index (χ4n) is 6.06. The summed E-state index contributed by atoms with van der Waals surface area (Å²) >= 11 is 7.67. The Balaban J connectivity index is 1.33. The van der Waals surface area contributed by atoms with Gasteiger partial charge in [-0.15, -0.1) is 0 Å². The summed E-state index contributed by atoms with van der Waals surface area (Å²) < 4.78 is 0. The number of thioether (sulfide) groups is 1. The second-order valence-corrected chi connectivity index (χ2v) is 12.4. The number of aromatic nitrogens is 2. The van der Waals surface area contributed by atoms with E-state index >= 15 is 0 Å². The lowest BCUT2D eigenvalue weighted by molar-refractivity contribution is -0.129. The van der Waals surface area contributed by atoms with Crippen LogP contribution in [0, 0.1) is 10.8 Å². The normalized spacial score (nSPS) is 26.0. The van der Waals surface area contributed by atoms with Crippen molar-refractivity contribution < 1.29 is 9.59 Å². The van der Waals surface area contributed by atoms with Crippen LogP contribution in [0.2, 0.25) is 5.15 Å². The molecule has 10 heteroatoms. The molecule has 3 heterocycles. The zero-order chi connectivity index (χ0) is 24.5. The Labute approximate surface area is 212 Å². The van der Waals surface area contributed by atoms with E-state index in [1.54, 1.807) is 6.07 Å². The Morgan fingerprint density at radius 3 is 2.62 bits per heavy atom. The predicted molar refractivity (Wildman–Crippen MR) is 136 cm³/mol. The Hall–Kier alpha value is -1.74. The average molecular weight is 509 g/mol. The highest BCUT2D eigenvalue weighted by Crippen LogP contribution is 2.52. The summed E-state index contributed by atoms with van der Waals surface area (Å²) in [5, 5.41) is 3.82. The number of likely N-dealkylation sites (tertiary alicyclic amines) is 1. The van der Waals surface area contributed by atoms with E-state index in [-0.39, 0.29) is 22.8 Å². The quantitative estimate of drug-likeness (QED) is 0.356. The zero-order valence-electron chi connectivity index (χ0n) is 20.8. The molecule has 0 aromatic carbocycles. The molecule has 0 spiro atoms. The number of piperazine rings is 1. The zero-order valence-corrected chi connectivity index (χ0v) is 22.3. The van der Waals surface area contributed by atoms with Gasteiger partial charge in [-0.05, 0) is 36.5 Å². The number of anilines is 1. The first kappa shape index (κ1) is 25.4. The SMILES string of the molecule is CCCNC(=O)N1CCN(c2cc(Cl)nc(SCC(=O)N3CC4(C)CC3CC(C)(C)C4)n2)CC1. The number of rotatable bonds is 6. The van der Waals surface area contributed by atoms with Crippen molar-refractivity contribution >= 4 is 41.1 Å². The maximum atomic E-state index is 13.1. The van der Waals surface area contributed by atoms with Crippen molar-refractivity contribution in [3.05, 3.63) is 11.2 Å². The molecule has 1 N–H and O–H groups in total. The van der Waals surface area contributed by atoms with E-state index < -0.39 is 0 Å². The Bertz CT molecular complexity index is 923. The number of carbonyl (C=O) groups excluding carboxylic acids is 2. The van der Waals surface area contributed by atoms with Crippen molar-refractivity contribution in [1.82, 2.24) is 25.1 Å². The molecule has 2 bridgehead atoms. The van der Waals surface area contributed by atoms with E-state index in [2.05, 4.69) is 45.9 Å². The fraction of sp³-hybridized carbons (Fsp3) is 0.750. The molecular weight excluding hydrogens is 472 g/mol. The van der Waals surface area contributed by atoms with Gasteiger partial charge in [-0.2, -0.15) is 0 Å². The minimum absolute atomic E-state index is 0.0133. The van der Waals surface area contributed by atoms with Crippen molar-refractivity contribution in [2.75, 3.05) is 49.9 Å². The molecule has 3 fully saturated rings. The van der Waals surface area contributed by atoms with Gasteiger partial charge in [0.05, 0.1) is 5.75 Å². The van der Waals surface area contributed by atoms with E-state index in [0.717, 1.165) is 31.6 Å². The average Bonchev–Trinajstić information content (AvgIpc) is 3.04. The van der Waals surface area contributed by atoms with Crippen molar-refractivity contribution in [3.63, 3.8) is 0 Å². The first-order chi connectivity index (χ1) is 16.1. The Kier molecular flexibility index (Phi) is 7.53. The molecule has 0 radical (unpaired) electrons. The molecule has 34 heavy (non-hydrogen) atoms. The van der Waals surface area contributed by atoms with E-state index in [0.29, 0.717) is 54.8 Å². The van der Waals surface area contributed by atoms with E-state index in [4.69, 9.17) is 11.6 Å². The molecule has 1 aromatic heterocycles. The van der Waals surface area contributed by atoms with Crippen LogP contribution in [0.3, 0.4) is 0 Å². The molecule has 3 amide bonds. The molecule has 188 valence electrons. The number of hydrogen-bond donors (Lipinski definition) is 1. The van der Waals surface area contributed by atoms with E-state index in [9.17, 15) is 9.59 Å². The molecule has 1 saturated carbocycles. The summed E-state index contributed by atoms with van der Waals surface area (Å²) in [5.74, 6) is 1.22. The topological polar surface area (TPSA) is 81.7 Å². The highest BCUT2D eigenvalue weighted by molar-refractivity contribution is 7.99. The summed E-state index contributed by atoms with van der Waals surface area (Å²) in [7, 11) is 0. The minimum Gasteiger partial charge on any atom is -0.353 e. The van der Waals surface area contributed by atoms with Gasteiger partial charge in [-0.3, -0.25) is 4.79 Å². The van der Waals surface area contributed by atoms with E-state index in [1.807, 2.05) is 11.8 Å². The number of nitrogens with zero attached hydrogens (tertiary/aromatic N) is 5. The summed E-state index contributed by atoms with van der Waals surface area (Å²) in [6, 6.07) is 2.08. The Morgan fingerprint density at radius 1 is 1.18 bits per heavy atom. The van der Waals surface area contributed by atoms with Crippen LogP contribution >= 0.6 is 23.4 Å². The van der Waals surface area contributed by atoms with E-state index in [1.165, 1.54) is 18.2 Å². The summed E-state index contributed by atoms with van der Waals surface area (Å²) in [6.07, 6.45) is 4.26. The van der Waals surface area contributed by atoms with Gasteiger partial charge in [0.25, 0.3) is 0 Å². The molecule has 2 unspecified atom stereocenters. The van der Waals surface area contributed by atoms with Gasteiger partial charge in [-0.1, -0.05) is 51.1 Å². The van der Waals surface area contributed by atoms with Crippen molar-refractivity contribution in [2.45, 2.75) is 64.6 Å². The van der Waals surface area contributed by atoms with Gasteiger partial charge in [0.15, 0.2) is 5.16 Å². The first-order valence-electron chi connectivity index (χ1n) is 12.3. The van der Waals surface area contributed by atoms with Crippen LogP contribution < -0.4 is 10.2 Å². The third-order valence-corrected chi connectivity index (χ3v) is 8.16. The standard InChI is InChI=1S/C24H37ClN6O2S/c1-5-6-26-22(33)30-9-7-29(8-10-30)19-11-18(25)27-21(28-19)34-14-20(32)31-16-24(4)13-17(31)12-23(2,3)15-24/h11,17H,5-10,12-16H2,1-4H3,(H,26,33). The molecule has 3 aliphatic rings. The van der Waals surface area contributed by atoms with Crippen LogP contribution in [0.1, 0.15) is 53.4 Å². The Morgan fingerprint density at radius 2 is 1.91 bits per heavy atom. The molecule has 1 aromatic rings. The lowest BCUT2D eigenvalue weighted by atomic mass is 9.65. The van der Waals surface area contributed by atoms with Crippen LogP contribution in [-0.2, 0) is 4.79 Å². The van der Waals surface area contributed by atoms with Gasteiger partial charge in [0.1, 0.15) is 11.0 Å². The number of amides is 3. The number of urea groups is 1. The van der Waals surface area contributed by atoms with Crippen LogP contribution in [-0.4, -0.2) is 82.8 Å². The molecule has 2 atom stereocenters. The van der Waals surface area contributed by atoms with Gasteiger partial charge in [-0.25, -0.2) is 14.8 Å². The van der Waals surface area contributed by atoms with Crippen LogP contribution in [0.4, 0.5) is 10.6 Å². The second-order valence-electron chi connectivity index (χ2n) is 11.1. The lowest BCUT2D eigenvalue weighted by Crippen LogP contribution is -2.52. The summed E-state index contributed by atoms with van der Waals surface area (Å²) in [4.78, 5) is 40.4. The highest BCUT2D eigenvalue weighted by Gasteiger charge is 2.50. The molecule has 1 aliphatic carbocycles. The molecule has 8 nitrogen and oxygen atoms in total. The maximum Gasteiger partial charge on any atom is 0.317 e. The molecule has 4 rings (SSSR count). The second kappa shape index (κ2) is 10.1. The van der Waals surface area contributed by atoms with Crippen LogP contribution in [0.15, 0.2) is 11.2 Å². The predicted octanol–water partition coefficient (Wildman–Crippen LogP) is 3.89. The van der Waals surface area contributed by atoms with Crippen molar-refractivity contribution in [3.8, 4) is 0 Å². The monoisotopic (exact) mass is 508 g/mol. The highest BCUT2D eigenvalue weighted by atomic mass is 35.5. The molecule has 2 aliphatic heterocycles. The van der Waals surface area contributed by atoms with Crippen LogP contribution in [0.5, 0.6) is 0 Å². The van der Waals surface area contributed by atoms with Gasteiger partial charge < -0.3 is 20.0 Å². The summed E-state index contributed by atoms with van der Waals surface area (Å²) in [6.45, 7) is 13.1. The molecular formula is C24H37ClN6O2S. The number of hydrogen-bond acceptors (Lipinski definition) is 6. The van der Waals surface area contributed by atoms with Crippen molar-refractivity contribution in [2.24, 2.45) is 10.8 Å². The van der Waals surface area contributed by atoms with Gasteiger partial charge in [0, 0.05) is 51.4 Å². The maximum absolute atomic E-state index is 13.1. The summed E-state index contributed by atoms with van der Waals surface area (Å²) in [5.41, 5.74) is 0.508. The lowest BCUT2D eigenvalue weighted by Gasteiger charge is -2.39. The number of carbonyl (C=O) groups is 2. The van der Waals surface area contributed by atoms with Gasteiger partial charge in [0.2, 0.25) is 5.91 Å². The largest absolute Gasteiger partial charge is 0.353 e. The van der Waals surface area contributed by atoms with Gasteiger partial charge >= 0.3 is 6.03 Å². The fourth-order valence-corrected chi connectivity index (χ4v) is 7.02. The van der Waals surface area contributed by atoms with Crippen molar-refractivity contribution in [1.29, 1.82) is 0 Å². The number of halogens is 1. The number of fused-ring (bicyclic) bond motifs is 2. The van der Waals surface area contributed by atoms with Crippen LogP contribution in [0.25, 0.3) is 0 Å².